The van der Waals surface area contributed by atoms with Crippen molar-refractivity contribution in [3.63, 3.8) is 0 Å². The first-order valence-electron chi connectivity index (χ1n) is 7.48. The Kier molecular flexibility index (Phi) is 9.03. The van der Waals surface area contributed by atoms with E-state index in [-0.39, 0.29) is 19.0 Å². The van der Waals surface area contributed by atoms with Crippen molar-refractivity contribution in [1.29, 1.82) is 0 Å². The Morgan fingerprint density at radius 3 is 2.52 bits per heavy atom. The van der Waals surface area contributed by atoms with Gasteiger partial charge >= 0.3 is 0 Å². The van der Waals surface area contributed by atoms with E-state index < -0.39 is 0 Å². The summed E-state index contributed by atoms with van der Waals surface area (Å²) in [6, 6.07) is 15.8. The third-order valence-electron chi connectivity index (χ3n) is 3.45. The molecule has 0 saturated carbocycles. The van der Waals surface area contributed by atoms with Crippen molar-refractivity contribution in [3.05, 3.63) is 53.6 Å². The van der Waals surface area contributed by atoms with Crippen LogP contribution in [0, 0.1) is 0 Å². The Hall–Kier alpha value is -1.26. The lowest BCUT2D eigenvalue weighted by atomic mass is 10.0. The van der Waals surface area contributed by atoms with Gasteiger partial charge in [-0.2, -0.15) is 0 Å². The summed E-state index contributed by atoms with van der Waals surface area (Å²) < 4.78 is 5.93. The van der Waals surface area contributed by atoms with Gasteiger partial charge in [-0.3, -0.25) is 0 Å². The summed E-state index contributed by atoms with van der Waals surface area (Å²) in [7, 11) is 1.99. The van der Waals surface area contributed by atoms with Gasteiger partial charge in [-0.15, -0.1) is 12.4 Å². The van der Waals surface area contributed by atoms with Crippen molar-refractivity contribution in [2.24, 2.45) is 0 Å². The van der Waals surface area contributed by atoms with Gasteiger partial charge in [-0.05, 0) is 37.2 Å². The summed E-state index contributed by atoms with van der Waals surface area (Å²) in [6.45, 7) is 2.41. The van der Waals surface area contributed by atoms with E-state index in [9.17, 15) is 0 Å². The molecule has 0 aliphatic rings. The van der Waals surface area contributed by atoms with Gasteiger partial charge in [-0.1, -0.05) is 41.9 Å². The zero-order valence-corrected chi connectivity index (χ0v) is 14.8. The van der Waals surface area contributed by atoms with Crippen LogP contribution in [0.2, 0.25) is 5.02 Å². The maximum absolute atomic E-state index is 8.87. The van der Waals surface area contributed by atoms with Crippen LogP contribution in [-0.2, 0) is 0 Å². The number of halogens is 2. The molecule has 1 N–H and O–H groups in total. The number of likely N-dealkylation sites (N-methyl/N-ethyl adjacent to an activating group) is 1. The predicted molar refractivity (Wildman–Crippen MR) is 98.8 cm³/mol. The molecule has 0 aliphatic heterocycles. The lowest BCUT2D eigenvalue weighted by Gasteiger charge is -2.16. The van der Waals surface area contributed by atoms with E-state index in [1.165, 1.54) is 0 Å². The molecule has 2 rings (SSSR count). The van der Waals surface area contributed by atoms with Gasteiger partial charge in [0.05, 0.1) is 13.2 Å². The van der Waals surface area contributed by atoms with Gasteiger partial charge in [0, 0.05) is 23.7 Å². The number of aliphatic hydroxyl groups is 1. The van der Waals surface area contributed by atoms with Crippen LogP contribution in [0.4, 0.5) is 0 Å². The topological polar surface area (TPSA) is 32.7 Å². The first-order valence-corrected chi connectivity index (χ1v) is 7.85. The molecule has 5 heteroatoms. The number of ether oxygens (including phenoxy) is 1. The van der Waals surface area contributed by atoms with Crippen LogP contribution >= 0.6 is 24.0 Å². The summed E-state index contributed by atoms with van der Waals surface area (Å²) >= 11 is 6.12. The first-order chi connectivity index (χ1) is 10.7. The second kappa shape index (κ2) is 10.5. The molecule has 0 amide bonds. The zero-order valence-electron chi connectivity index (χ0n) is 13.2. The third kappa shape index (κ3) is 6.40. The van der Waals surface area contributed by atoms with Crippen molar-refractivity contribution < 1.29 is 9.84 Å². The smallest absolute Gasteiger partial charge is 0.127 e. The second-order valence-corrected chi connectivity index (χ2v) is 5.67. The van der Waals surface area contributed by atoms with Gasteiger partial charge < -0.3 is 14.7 Å². The minimum Gasteiger partial charge on any atom is -0.493 e. The van der Waals surface area contributed by atoms with E-state index in [4.69, 9.17) is 21.4 Å². The predicted octanol–water partition coefficient (Wildman–Crippen LogP) is 4.12. The Morgan fingerprint density at radius 1 is 1.09 bits per heavy atom. The van der Waals surface area contributed by atoms with Crippen LogP contribution in [0.1, 0.15) is 6.42 Å². The summed E-state index contributed by atoms with van der Waals surface area (Å²) in [5.74, 6) is 0.848. The molecule has 2 aromatic carbocycles. The molecule has 0 spiro atoms. The highest BCUT2D eigenvalue weighted by molar-refractivity contribution is 6.31. The van der Waals surface area contributed by atoms with Gasteiger partial charge in [0.15, 0.2) is 0 Å². The molecule has 23 heavy (non-hydrogen) atoms. The highest BCUT2D eigenvalue weighted by atomic mass is 35.5. The molecule has 2 aromatic rings. The van der Waals surface area contributed by atoms with Crippen molar-refractivity contribution in [2.75, 3.05) is 33.4 Å². The Morgan fingerprint density at radius 2 is 1.83 bits per heavy atom. The van der Waals surface area contributed by atoms with Gasteiger partial charge in [0.25, 0.3) is 0 Å². The van der Waals surface area contributed by atoms with Crippen LogP contribution in [0.25, 0.3) is 11.1 Å². The molecule has 0 bridgehead atoms. The fourth-order valence-electron chi connectivity index (χ4n) is 2.27. The maximum Gasteiger partial charge on any atom is 0.127 e. The van der Waals surface area contributed by atoms with Crippen LogP contribution < -0.4 is 4.74 Å². The summed E-state index contributed by atoms with van der Waals surface area (Å²) in [5.41, 5.74) is 2.11. The molecule has 0 fully saturated rings. The summed E-state index contributed by atoms with van der Waals surface area (Å²) in [5, 5.41) is 9.58. The van der Waals surface area contributed by atoms with Crippen molar-refractivity contribution >= 4 is 24.0 Å². The van der Waals surface area contributed by atoms with Crippen LogP contribution in [-0.4, -0.2) is 43.4 Å². The molecular weight excluding hydrogens is 333 g/mol. The molecular formula is C18H23Cl2NO2. The maximum atomic E-state index is 8.87. The minimum atomic E-state index is 0. The Balaban J connectivity index is 0.00000264. The van der Waals surface area contributed by atoms with E-state index in [1.807, 2.05) is 55.6 Å². The molecule has 0 radical (unpaired) electrons. The third-order valence-corrected chi connectivity index (χ3v) is 3.68. The lowest BCUT2D eigenvalue weighted by Crippen LogP contribution is -2.24. The average molecular weight is 356 g/mol. The highest BCUT2D eigenvalue weighted by Gasteiger charge is 2.07. The fourth-order valence-corrected chi connectivity index (χ4v) is 2.44. The summed E-state index contributed by atoms with van der Waals surface area (Å²) in [4.78, 5) is 2.09. The standard InChI is InChI=1S/C18H22ClNO2.ClH/c1-20(11-12-21)10-5-13-22-18-9-8-16(19)14-17(18)15-6-3-2-4-7-15;/h2-4,6-9,14,21H,5,10-13H2,1H3;1H. The Labute approximate surface area is 149 Å². The molecule has 3 nitrogen and oxygen atoms in total. The number of aliphatic hydroxyl groups excluding tert-OH is 1. The molecule has 0 atom stereocenters. The van der Waals surface area contributed by atoms with E-state index in [0.29, 0.717) is 18.2 Å². The van der Waals surface area contributed by atoms with E-state index in [2.05, 4.69) is 4.90 Å². The number of nitrogens with zero attached hydrogens (tertiary/aromatic N) is 1. The molecule has 0 unspecified atom stereocenters. The quantitative estimate of drug-likeness (QED) is 0.722. The number of hydrogen-bond acceptors (Lipinski definition) is 3. The Bertz CT molecular complexity index is 578. The monoisotopic (exact) mass is 355 g/mol. The fraction of sp³-hybridized carbons (Fsp3) is 0.333. The van der Waals surface area contributed by atoms with Crippen molar-refractivity contribution in [3.8, 4) is 16.9 Å². The van der Waals surface area contributed by atoms with E-state index in [0.717, 1.165) is 29.8 Å². The number of hydrogen-bond donors (Lipinski definition) is 1. The largest absolute Gasteiger partial charge is 0.493 e. The second-order valence-electron chi connectivity index (χ2n) is 5.24. The van der Waals surface area contributed by atoms with E-state index >= 15 is 0 Å². The molecule has 126 valence electrons. The number of benzene rings is 2. The van der Waals surface area contributed by atoms with Crippen molar-refractivity contribution in [2.45, 2.75) is 6.42 Å². The van der Waals surface area contributed by atoms with Gasteiger partial charge in [0.2, 0.25) is 0 Å². The molecule has 0 saturated heterocycles. The van der Waals surface area contributed by atoms with Gasteiger partial charge in [0.1, 0.15) is 5.75 Å². The number of rotatable bonds is 8. The van der Waals surface area contributed by atoms with Gasteiger partial charge in [-0.25, -0.2) is 0 Å². The van der Waals surface area contributed by atoms with Crippen LogP contribution in [0.3, 0.4) is 0 Å². The van der Waals surface area contributed by atoms with Crippen LogP contribution in [0.5, 0.6) is 5.75 Å². The zero-order chi connectivity index (χ0) is 15.8. The molecule has 0 aromatic heterocycles. The lowest BCUT2D eigenvalue weighted by molar-refractivity contribution is 0.208. The molecule has 0 aliphatic carbocycles. The van der Waals surface area contributed by atoms with Crippen LogP contribution in [0.15, 0.2) is 48.5 Å². The summed E-state index contributed by atoms with van der Waals surface area (Å²) in [6.07, 6.45) is 0.910. The van der Waals surface area contributed by atoms with Crippen molar-refractivity contribution in [1.82, 2.24) is 4.90 Å². The van der Waals surface area contributed by atoms with E-state index in [1.54, 1.807) is 0 Å². The average Bonchev–Trinajstić information content (AvgIpc) is 2.54. The normalized spacial score (nSPS) is 10.4. The SMILES string of the molecule is CN(CCO)CCCOc1ccc(Cl)cc1-c1ccccc1.Cl. The first kappa shape index (κ1) is 19.8. The molecule has 0 heterocycles. The minimum absolute atomic E-state index is 0. The highest BCUT2D eigenvalue weighted by Crippen LogP contribution is 2.32.